The molecule has 0 aliphatic heterocycles. The third-order valence-corrected chi connectivity index (χ3v) is 11.0. The molecule has 0 fully saturated rings. The Bertz CT molecular complexity index is 1080. The first-order chi connectivity index (χ1) is 19.3. The Morgan fingerprint density at radius 1 is 0.929 bits per heavy atom. The zero-order chi connectivity index (χ0) is 33.2. The van der Waals surface area contributed by atoms with Crippen LogP contribution >= 0.6 is 102 Å². The van der Waals surface area contributed by atoms with E-state index < -0.39 is 36.6 Å². The van der Waals surface area contributed by atoms with Crippen molar-refractivity contribution in [2.45, 2.75) is 22.1 Å². The molecule has 42 heavy (non-hydrogen) atoms. The molecule has 0 saturated heterocycles. The molecule has 24 heteroatoms. The number of hydrogen-bond donors (Lipinski definition) is 0. The Labute approximate surface area is 279 Å². The molecule has 0 heterocycles. The average Bonchev–Trinajstić information content (AvgIpc) is 2.92. The van der Waals surface area contributed by atoms with Crippen LogP contribution in [0.15, 0.2) is 35.0 Å². The van der Waals surface area contributed by atoms with Crippen LogP contribution < -0.4 is 4.52 Å². The third kappa shape index (κ3) is 19.8. The number of phosphoric acid groups is 3. The molecule has 15 nitrogen and oxygen atoms in total. The predicted octanol–water partition coefficient (Wildman–Crippen LogP) is 9.49. The highest BCUT2D eigenvalue weighted by molar-refractivity contribution is 9.13. The number of non-ortho nitro benzene ring substituents is 1. The largest absolute Gasteiger partial charge is 0.530 e. The normalized spacial score (nSPS) is 12.6. The number of hydrogen-bond acceptors (Lipinski definition) is 14. The van der Waals surface area contributed by atoms with Gasteiger partial charge in [0.15, 0.2) is 5.01 Å². The van der Waals surface area contributed by atoms with Crippen molar-refractivity contribution in [3.05, 3.63) is 45.1 Å². The van der Waals surface area contributed by atoms with E-state index in [1.807, 2.05) is 0 Å². The molecule has 1 aromatic rings. The van der Waals surface area contributed by atoms with E-state index in [-0.39, 0.29) is 29.1 Å². The molecule has 1 aromatic carbocycles. The molecule has 0 spiro atoms. The van der Waals surface area contributed by atoms with Gasteiger partial charge in [0.05, 0.1) is 18.1 Å². The number of phosphoric ester groups is 3. The lowest BCUT2D eigenvalue weighted by atomic mass is 10.3. The summed E-state index contributed by atoms with van der Waals surface area (Å²) in [5, 5.41) is 9.53. The van der Waals surface area contributed by atoms with Gasteiger partial charge in [-0.15, -0.1) is 0 Å². The molecule has 0 amide bonds. The fourth-order valence-corrected chi connectivity index (χ4v) is 5.50. The van der Waals surface area contributed by atoms with Crippen LogP contribution in [0.1, 0.15) is 13.8 Å². The van der Waals surface area contributed by atoms with Crippen molar-refractivity contribution in [3.63, 3.8) is 0 Å². The van der Waals surface area contributed by atoms with Crippen LogP contribution in [0.3, 0.4) is 0 Å². The van der Waals surface area contributed by atoms with Crippen molar-refractivity contribution in [1.82, 2.24) is 0 Å². The molecule has 0 N–H and O–H groups in total. The maximum Gasteiger partial charge on any atom is 0.530 e. The van der Waals surface area contributed by atoms with Gasteiger partial charge >= 0.3 is 23.5 Å². The van der Waals surface area contributed by atoms with Crippen LogP contribution in [0.5, 0.6) is 5.75 Å². The number of alkyl halides is 4. The topological polar surface area (TPSA) is 177 Å². The number of nitro groups is 1. The molecule has 0 bridgehead atoms. The monoisotopic (exact) mass is 873 g/mol. The molecule has 0 aliphatic rings. The summed E-state index contributed by atoms with van der Waals surface area (Å²) in [5.41, 5.74) is -0.0787. The van der Waals surface area contributed by atoms with E-state index in [0.717, 1.165) is 6.26 Å². The Morgan fingerprint density at radius 2 is 1.36 bits per heavy atom. The van der Waals surface area contributed by atoms with Crippen LogP contribution in [0.4, 0.5) is 5.69 Å². The number of rotatable bonds is 16. The summed E-state index contributed by atoms with van der Waals surface area (Å²) < 4.78 is 74.8. The Kier molecular flexibility index (Phi) is 23.5. The minimum absolute atomic E-state index is 0.0787. The van der Waals surface area contributed by atoms with Crippen LogP contribution in [0.25, 0.3) is 0 Å². The highest BCUT2D eigenvalue weighted by Crippen LogP contribution is 2.53. The smallest absolute Gasteiger partial charge is 0.409 e. The van der Waals surface area contributed by atoms with Crippen molar-refractivity contribution < 1.29 is 59.3 Å². The summed E-state index contributed by atoms with van der Waals surface area (Å²) in [6.07, 6.45) is 0.872. The predicted molar refractivity (Wildman–Crippen MR) is 166 cm³/mol. The lowest BCUT2D eigenvalue weighted by molar-refractivity contribution is -0.384. The van der Waals surface area contributed by atoms with Crippen LogP contribution in [-0.2, 0) is 49.9 Å². The first-order valence-electron chi connectivity index (χ1n) is 10.6. The van der Waals surface area contributed by atoms with Crippen molar-refractivity contribution in [2.75, 3.05) is 41.7 Å². The molecule has 1 atom stereocenters. The molecule has 0 aliphatic carbocycles. The highest BCUT2D eigenvalue weighted by atomic mass is 79.9. The Balaban J connectivity index is 0. The van der Waals surface area contributed by atoms with Crippen LogP contribution in [-0.4, -0.2) is 54.8 Å². The second-order valence-electron chi connectivity index (χ2n) is 6.23. The second kappa shape index (κ2) is 22.1. The molecular formula is C18H28Br2Cl4NO14P3. The molecule has 0 aromatic heterocycles. The van der Waals surface area contributed by atoms with Gasteiger partial charge in [0.2, 0.25) is 3.24 Å². The lowest BCUT2D eigenvalue weighted by Crippen LogP contribution is -2.21. The number of nitrogens with zero attached hydrogens (tertiary/aromatic N) is 1. The van der Waals surface area contributed by atoms with E-state index in [1.54, 1.807) is 13.8 Å². The van der Waals surface area contributed by atoms with E-state index in [1.165, 1.54) is 52.7 Å². The van der Waals surface area contributed by atoms with Gasteiger partial charge in [0.25, 0.3) is 5.69 Å². The number of halogens is 6. The third-order valence-electron chi connectivity index (χ3n) is 3.48. The summed E-state index contributed by atoms with van der Waals surface area (Å²) in [4.78, 5) is 9.93. The van der Waals surface area contributed by atoms with Gasteiger partial charge in [-0.1, -0.05) is 62.3 Å². The van der Waals surface area contributed by atoms with Crippen LogP contribution in [0.2, 0.25) is 0 Å². The SMILES string of the molecule is CCOP(=O)(OCC)Oc1ccc([N+](=O)[O-])cc1.COP(=O)(OC)OC(Br)C(Cl)(Cl)Br.COP(=O)(OC)OC=C(Cl)Cl. The zero-order valence-corrected chi connectivity index (χ0v) is 31.5. The molecule has 0 radical (unpaired) electrons. The summed E-state index contributed by atoms with van der Waals surface area (Å²) >= 11 is 27.3. The second-order valence-corrected chi connectivity index (χ2v) is 16.9. The first-order valence-corrected chi connectivity index (χ1v) is 18.2. The molecule has 1 unspecified atom stereocenters. The standard InChI is InChI=1S/C10H14NO6P.C4H7Br2Cl2O4P.C4H7Cl2O4P/c1-3-15-18(14,16-4-2)17-10-7-5-9(6-8-10)11(12)13;1-10-13(9,11-2)12-3(5)4(6,7)8;1-8-11(7,9-2)10-3-4(5)6/h5-8H,3-4H2,1-2H3;3H,1-2H3;3H,1-2H3. The molecule has 0 saturated carbocycles. The summed E-state index contributed by atoms with van der Waals surface area (Å²) in [7, 11) is -5.98. The minimum atomic E-state index is -3.65. The van der Waals surface area contributed by atoms with Gasteiger partial charge in [0, 0.05) is 40.6 Å². The molecule has 246 valence electrons. The van der Waals surface area contributed by atoms with E-state index in [2.05, 4.69) is 54.5 Å². The van der Waals surface area contributed by atoms with Gasteiger partial charge in [-0.05, 0) is 41.9 Å². The zero-order valence-electron chi connectivity index (χ0n) is 22.7. The van der Waals surface area contributed by atoms with Gasteiger partial charge in [-0.3, -0.25) is 41.8 Å². The first kappa shape index (κ1) is 44.6. The van der Waals surface area contributed by atoms with E-state index in [4.69, 9.17) is 64.5 Å². The Hall–Kier alpha value is 0.490. The number of benzene rings is 1. The Morgan fingerprint density at radius 3 is 1.67 bits per heavy atom. The summed E-state index contributed by atoms with van der Waals surface area (Å²) in [6.45, 7) is 3.66. The van der Waals surface area contributed by atoms with E-state index in [9.17, 15) is 23.8 Å². The van der Waals surface area contributed by atoms with E-state index in [0.29, 0.717) is 0 Å². The van der Waals surface area contributed by atoms with Gasteiger partial charge in [0.1, 0.15) is 16.5 Å². The van der Waals surface area contributed by atoms with Gasteiger partial charge < -0.3 is 9.05 Å². The van der Waals surface area contributed by atoms with Crippen molar-refractivity contribution in [3.8, 4) is 5.75 Å². The van der Waals surface area contributed by atoms with Crippen LogP contribution in [0, 0.1) is 10.1 Å². The van der Waals surface area contributed by atoms with Crippen molar-refractivity contribution in [2.24, 2.45) is 0 Å². The molecule has 1 rings (SSSR count). The van der Waals surface area contributed by atoms with Gasteiger partial charge in [-0.25, -0.2) is 13.7 Å². The number of nitro benzene ring substituents is 1. The van der Waals surface area contributed by atoms with E-state index >= 15 is 0 Å². The molecular weight excluding hydrogens is 849 g/mol. The lowest BCUT2D eigenvalue weighted by Gasteiger charge is -2.22. The quantitative estimate of drug-likeness (QED) is 0.0504. The summed E-state index contributed by atoms with van der Waals surface area (Å²) in [5.74, 6) is 0.186. The van der Waals surface area contributed by atoms with Crippen molar-refractivity contribution >= 4 is 107 Å². The maximum atomic E-state index is 12.0. The fourth-order valence-electron chi connectivity index (χ4n) is 1.76. The average molecular weight is 877 g/mol. The maximum absolute atomic E-state index is 12.0. The fraction of sp³-hybridized carbons (Fsp3) is 0.556. The van der Waals surface area contributed by atoms with Gasteiger partial charge in [-0.2, -0.15) is 0 Å². The minimum Gasteiger partial charge on any atom is -0.409 e. The van der Waals surface area contributed by atoms with Crippen molar-refractivity contribution in [1.29, 1.82) is 0 Å². The summed E-state index contributed by atoms with van der Waals surface area (Å²) in [6, 6.07) is 5.17. The highest BCUT2D eigenvalue weighted by Gasteiger charge is 2.38.